The summed E-state index contributed by atoms with van der Waals surface area (Å²) in [7, 11) is -3.82. The molecule has 130 valence electrons. The van der Waals surface area contributed by atoms with Crippen LogP contribution < -0.4 is 10.5 Å². The molecule has 2 aromatic carbocycles. The molecule has 0 bridgehead atoms. The second-order valence-corrected chi connectivity index (χ2v) is 7.26. The van der Waals surface area contributed by atoms with Crippen LogP contribution in [0.5, 0.6) is 0 Å². The first-order valence-corrected chi connectivity index (χ1v) is 9.01. The van der Waals surface area contributed by atoms with Crippen molar-refractivity contribution < 1.29 is 17.6 Å². The number of nitrogens with two attached hydrogens (primary N) is 1. The van der Waals surface area contributed by atoms with Crippen molar-refractivity contribution in [2.45, 2.75) is 17.9 Å². The number of benzene rings is 2. The molecule has 1 unspecified atom stereocenters. The molecule has 0 spiro atoms. The summed E-state index contributed by atoms with van der Waals surface area (Å²) in [5.74, 6) is -0.842. The Balaban J connectivity index is 1.83. The largest absolute Gasteiger partial charge is 0.350 e. The molecule has 6 nitrogen and oxygen atoms in total. The van der Waals surface area contributed by atoms with Crippen LogP contribution in [0.4, 0.5) is 4.39 Å². The summed E-state index contributed by atoms with van der Waals surface area (Å²) in [4.78, 5) is 15.2. The van der Waals surface area contributed by atoms with Gasteiger partial charge in [-0.3, -0.25) is 4.79 Å². The van der Waals surface area contributed by atoms with E-state index in [4.69, 9.17) is 5.14 Å². The van der Waals surface area contributed by atoms with Gasteiger partial charge >= 0.3 is 0 Å². The number of halogens is 1. The van der Waals surface area contributed by atoms with Crippen molar-refractivity contribution >= 4 is 26.8 Å². The monoisotopic (exact) mass is 361 g/mol. The maximum absolute atomic E-state index is 13.7. The van der Waals surface area contributed by atoms with E-state index in [0.29, 0.717) is 16.5 Å². The third-order valence-corrected chi connectivity index (χ3v) is 4.80. The third kappa shape index (κ3) is 3.54. The normalized spacial score (nSPS) is 12.9. The number of amides is 1. The highest BCUT2D eigenvalue weighted by Crippen LogP contribution is 2.20. The van der Waals surface area contributed by atoms with Gasteiger partial charge in [0, 0.05) is 10.9 Å². The number of H-pyrrole nitrogens is 1. The molecule has 3 aromatic rings. The highest BCUT2D eigenvalue weighted by molar-refractivity contribution is 7.89. The molecular weight excluding hydrogens is 345 g/mol. The van der Waals surface area contributed by atoms with Gasteiger partial charge in [-0.1, -0.05) is 18.2 Å². The molecule has 0 radical (unpaired) electrons. The topological polar surface area (TPSA) is 105 Å². The van der Waals surface area contributed by atoms with Crippen molar-refractivity contribution in [2.24, 2.45) is 5.14 Å². The van der Waals surface area contributed by atoms with E-state index < -0.39 is 27.8 Å². The van der Waals surface area contributed by atoms with Crippen molar-refractivity contribution in [1.29, 1.82) is 0 Å². The first-order valence-electron chi connectivity index (χ1n) is 7.46. The lowest BCUT2D eigenvalue weighted by Crippen LogP contribution is -2.27. The Bertz CT molecular complexity index is 1060. The standard InChI is InChI=1S/C17H16FN3O3S/c1-10(11-4-2-5-12(8-11)25(19,23)24)20-17(22)16-9-13-14(18)6-3-7-15(13)21-16/h2-10,21H,1H3,(H,20,22)(H2,19,23,24). The fourth-order valence-corrected chi connectivity index (χ4v) is 3.13. The number of nitrogens with one attached hydrogen (secondary N) is 2. The summed E-state index contributed by atoms with van der Waals surface area (Å²) in [5, 5.41) is 8.19. The van der Waals surface area contributed by atoms with Gasteiger partial charge in [0.2, 0.25) is 10.0 Å². The molecule has 8 heteroatoms. The van der Waals surface area contributed by atoms with E-state index in [1.165, 1.54) is 24.3 Å². The van der Waals surface area contributed by atoms with Crippen LogP contribution in [0.2, 0.25) is 0 Å². The quantitative estimate of drug-likeness (QED) is 0.664. The molecule has 1 amide bonds. The lowest BCUT2D eigenvalue weighted by molar-refractivity contribution is 0.0935. The highest BCUT2D eigenvalue weighted by atomic mass is 32.2. The van der Waals surface area contributed by atoms with Crippen molar-refractivity contribution in [3.8, 4) is 0 Å². The van der Waals surface area contributed by atoms with Gasteiger partial charge in [-0.05, 0) is 42.8 Å². The number of hydrogen-bond donors (Lipinski definition) is 3. The molecule has 0 aliphatic rings. The van der Waals surface area contributed by atoms with E-state index in [0.717, 1.165) is 0 Å². The maximum atomic E-state index is 13.7. The zero-order valence-electron chi connectivity index (χ0n) is 13.3. The van der Waals surface area contributed by atoms with E-state index in [1.807, 2.05) is 0 Å². The molecule has 1 heterocycles. The molecule has 4 N–H and O–H groups in total. The molecule has 0 saturated heterocycles. The minimum Gasteiger partial charge on any atom is -0.350 e. The van der Waals surface area contributed by atoms with Crippen LogP contribution in [0.15, 0.2) is 53.4 Å². The summed E-state index contributed by atoms with van der Waals surface area (Å²) in [6.07, 6.45) is 0. The minimum absolute atomic E-state index is 0.0289. The van der Waals surface area contributed by atoms with Gasteiger partial charge in [0.1, 0.15) is 11.5 Å². The molecule has 0 saturated carbocycles. The van der Waals surface area contributed by atoms with Crippen LogP contribution in [0.3, 0.4) is 0 Å². The van der Waals surface area contributed by atoms with Crippen LogP contribution in [0.1, 0.15) is 29.0 Å². The Morgan fingerprint density at radius 3 is 2.60 bits per heavy atom. The van der Waals surface area contributed by atoms with Gasteiger partial charge in [0.25, 0.3) is 5.91 Å². The Morgan fingerprint density at radius 2 is 1.92 bits per heavy atom. The Labute approximate surface area is 143 Å². The SMILES string of the molecule is CC(NC(=O)c1cc2c(F)cccc2[nH]1)c1cccc(S(N)(=O)=O)c1. The average Bonchev–Trinajstić information content (AvgIpc) is 3.00. The van der Waals surface area contributed by atoms with Gasteiger partial charge in [0.05, 0.1) is 10.9 Å². The summed E-state index contributed by atoms with van der Waals surface area (Å²) in [5.41, 5.74) is 1.32. The number of primary sulfonamides is 1. The Morgan fingerprint density at radius 1 is 1.20 bits per heavy atom. The number of sulfonamides is 1. The zero-order valence-corrected chi connectivity index (χ0v) is 14.1. The van der Waals surface area contributed by atoms with Crippen LogP contribution in [-0.2, 0) is 10.0 Å². The predicted molar refractivity (Wildman–Crippen MR) is 92.0 cm³/mol. The van der Waals surface area contributed by atoms with Crippen molar-refractivity contribution in [1.82, 2.24) is 10.3 Å². The van der Waals surface area contributed by atoms with Crippen molar-refractivity contribution in [3.05, 3.63) is 65.6 Å². The summed E-state index contributed by atoms with van der Waals surface area (Å²) in [6, 6.07) is 11.5. The Hall–Kier alpha value is -2.71. The number of carbonyl (C=O) groups excluding carboxylic acids is 1. The van der Waals surface area contributed by atoms with E-state index in [2.05, 4.69) is 10.3 Å². The highest BCUT2D eigenvalue weighted by Gasteiger charge is 2.16. The molecule has 0 aliphatic heterocycles. The lowest BCUT2D eigenvalue weighted by Gasteiger charge is -2.14. The Kier molecular flexibility index (Phi) is 4.32. The first kappa shape index (κ1) is 17.1. The van der Waals surface area contributed by atoms with Gasteiger partial charge in [-0.15, -0.1) is 0 Å². The molecule has 0 aliphatic carbocycles. The number of aromatic nitrogens is 1. The smallest absolute Gasteiger partial charge is 0.268 e. The number of rotatable bonds is 4. The fraction of sp³-hybridized carbons (Fsp3) is 0.118. The number of fused-ring (bicyclic) bond motifs is 1. The average molecular weight is 361 g/mol. The van der Waals surface area contributed by atoms with Crippen LogP contribution in [0, 0.1) is 5.82 Å². The van der Waals surface area contributed by atoms with E-state index in [1.54, 1.807) is 31.2 Å². The van der Waals surface area contributed by atoms with Crippen molar-refractivity contribution in [2.75, 3.05) is 0 Å². The molecule has 3 rings (SSSR count). The molecule has 1 aromatic heterocycles. The summed E-state index contributed by atoms with van der Waals surface area (Å²) >= 11 is 0. The third-order valence-electron chi connectivity index (χ3n) is 3.89. The second-order valence-electron chi connectivity index (χ2n) is 5.70. The van der Waals surface area contributed by atoms with Crippen LogP contribution >= 0.6 is 0 Å². The number of hydrogen-bond acceptors (Lipinski definition) is 3. The van der Waals surface area contributed by atoms with Gasteiger partial charge < -0.3 is 10.3 Å². The van der Waals surface area contributed by atoms with Crippen LogP contribution in [-0.4, -0.2) is 19.3 Å². The second kappa shape index (κ2) is 6.30. The van der Waals surface area contributed by atoms with Gasteiger partial charge in [-0.25, -0.2) is 17.9 Å². The number of carbonyl (C=O) groups is 1. The zero-order chi connectivity index (χ0) is 18.2. The van der Waals surface area contributed by atoms with E-state index in [9.17, 15) is 17.6 Å². The number of aromatic amines is 1. The molecule has 1 atom stereocenters. The summed E-state index contributed by atoms with van der Waals surface area (Å²) < 4.78 is 36.6. The summed E-state index contributed by atoms with van der Waals surface area (Å²) in [6.45, 7) is 1.71. The maximum Gasteiger partial charge on any atom is 0.268 e. The van der Waals surface area contributed by atoms with Gasteiger partial charge in [-0.2, -0.15) is 0 Å². The lowest BCUT2D eigenvalue weighted by atomic mass is 10.1. The van der Waals surface area contributed by atoms with Crippen molar-refractivity contribution in [3.63, 3.8) is 0 Å². The molecular formula is C17H16FN3O3S. The van der Waals surface area contributed by atoms with E-state index in [-0.39, 0.29) is 10.6 Å². The van der Waals surface area contributed by atoms with E-state index >= 15 is 0 Å². The first-order chi connectivity index (χ1) is 11.8. The van der Waals surface area contributed by atoms with Crippen LogP contribution in [0.25, 0.3) is 10.9 Å². The van der Waals surface area contributed by atoms with Gasteiger partial charge in [0.15, 0.2) is 0 Å². The molecule has 25 heavy (non-hydrogen) atoms. The minimum atomic E-state index is -3.82. The molecule has 0 fully saturated rings. The fourth-order valence-electron chi connectivity index (χ4n) is 2.56. The predicted octanol–water partition coefficient (Wildman–Crippen LogP) is 2.45.